The van der Waals surface area contributed by atoms with E-state index in [9.17, 15) is 9.59 Å². The lowest BCUT2D eigenvalue weighted by atomic mass is 10.0. The van der Waals surface area contributed by atoms with Crippen molar-refractivity contribution in [3.8, 4) is 11.5 Å². The van der Waals surface area contributed by atoms with Gasteiger partial charge in [-0.1, -0.05) is 205 Å². The topological polar surface area (TPSA) is 58.9 Å². The molecule has 2 aromatic carbocycles. The highest BCUT2D eigenvalue weighted by Crippen LogP contribution is 2.17. The quantitative estimate of drug-likeness (QED) is 0.0565. The average molecular weight is 697 g/mol. The lowest BCUT2D eigenvalue weighted by molar-refractivity contribution is 0.304. The van der Waals surface area contributed by atoms with Gasteiger partial charge in [0.15, 0.2) is 0 Å². The third-order valence-electron chi connectivity index (χ3n) is 10.0. The predicted molar refractivity (Wildman–Crippen MR) is 214 cm³/mol. The monoisotopic (exact) mass is 697 g/mol. The van der Waals surface area contributed by atoms with Crippen LogP contribution >= 0.6 is 0 Å². The van der Waals surface area contributed by atoms with Crippen LogP contribution in [0.4, 0.5) is 0 Å². The van der Waals surface area contributed by atoms with Crippen LogP contribution in [0.2, 0.25) is 0 Å². The molecule has 0 unspecified atom stereocenters. The molecule has 0 saturated heterocycles. The Morgan fingerprint density at radius 3 is 0.939 bits per heavy atom. The molecule has 0 aliphatic heterocycles. The zero-order valence-corrected chi connectivity index (χ0v) is 33.0. The molecule has 0 amide bonds. The van der Waals surface area contributed by atoms with Gasteiger partial charge in [0, 0.05) is 10.4 Å². The molecule has 4 nitrogen and oxygen atoms in total. The Kier molecular flexibility index (Phi) is 26.4. The smallest absolute Gasteiger partial charge is 0.401 e. The summed E-state index contributed by atoms with van der Waals surface area (Å²) in [5.74, 6) is 1.41. The van der Waals surface area contributed by atoms with Crippen LogP contribution in [0.25, 0.3) is 0 Å². The van der Waals surface area contributed by atoms with E-state index in [4.69, 9.17) is 9.47 Å². The molecule has 0 spiro atoms. The van der Waals surface area contributed by atoms with Crippen LogP contribution in [0.1, 0.15) is 194 Å². The summed E-state index contributed by atoms with van der Waals surface area (Å²) in [5, 5.41) is 1.07. The predicted octanol–water partition coefficient (Wildman–Crippen LogP) is 11.9. The van der Waals surface area contributed by atoms with Gasteiger partial charge < -0.3 is 19.1 Å². The maximum absolute atomic E-state index is 11.3. The van der Waals surface area contributed by atoms with Gasteiger partial charge in [-0.15, -0.1) is 0 Å². The van der Waals surface area contributed by atoms with Gasteiger partial charge in [-0.25, -0.2) is 0 Å². The Morgan fingerprint density at radius 2 is 0.653 bits per heavy atom. The van der Waals surface area contributed by atoms with Crippen molar-refractivity contribution in [1.29, 1.82) is 0 Å². The molecular weight excluding hydrogens is 621 g/mol. The molecule has 2 N–H and O–H groups in total. The van der Waals surface area contributed by atoms with Crippen LogP contribution in [0.15, 0.2) is 48.5 Å². The summed E-state index contributed by atoms with van der Waals surface area (Å²) < 4.78 is 12.0. The van der Waals surface area contributed by atoms with Crippen molar-refractivity contribution >= 4 is 18.9 Å². The SMILES string of the molecule is CCCCCCCCCCCCCCCCOc1cccc([Si](O)(O)c2cccc(OCCCCCCCCCCCCCCCC)c2)c1. The van der Waals surface area contributed by atoms with Gasteiger partial charge in [-0.05, 0) is 37.1 Å². The van der Waals surface area contributed by atoms with Crippen molar-refractivity contribution in [1.82, 2.24) is 0 Å². The van der Waals surface area contributed by atoms with Crippen molar-refractivity contribution in [3.05, 3.63) is 48.5 Å². The number of rotatable bonds is 34. The first-order chi connectivity index (χ1) is 24.1. The van der Waals surface area contributed by atoms with Crippen LogP contribution in [0.5, 0.6) is 11.5 Å². The van der Waals surface area contributed by atoms with Gasteiger partial charge in [0.2, 0.25) is 0 Å². The van der Waals surface area contributed by atoms with Gasteiger partial charge in [0.25, 0.3) is 0 Å². The molecular formula is C44H76O4Si. The number of benzene rings is 2. The minimum absolute atomic E-state index is 0.537. The van der Waals surface area contributed by atoms with Crippen molar-refractivity contribution in [2.45, 2.75) is 194 Å². The van der Waals surface area contributed by atoms with E-state index in [1.54, 1.807) is 24.3 Å². The molecule has 5 heteroatoms. The zero-order valence-electron chi connectivity index (χ0n) is 32.0. The van der Waals surface area contributed by atoms with Crippen molar-refractivity contribution in [3.63, 3.8) is 0 Å². The van der Waals surface area contributed by atoms with Crippen molar-refractivity contribution < 1.29 is 19.1 Å². The Balaban J connectivity index is 1.55. The summed E-state index contributed by atoms with van der Waals surface area (Å²) in [7, 11) is -3.86. The zero-order chi connectivity index (χ0) is 35.1. The molecule has 0 saturated carbocycles. The van der Waals surface area contributed by atoms with Gasteiger partial charge in [0.1, 0.15) is 11.5 Å². The first-order valence-corrected chi connectivity index (χ1v) is 22.9. The highest BCUT2D eigenvalue weighted by Gasteiger charge is 2.35. The minimum atomic E-state index is -3.86. The first-order valence-electron chi connectivity index (χ1n) is 21.0. The van der Waals surface area contributed by atoms with Crippen LogP contribution in [-0.4, -0.2) is 31.4 Å². The Labute approximate surface area is 304 Å². The van der Waals surface area contributed by atoms with E-state index >= 15 is 0 Å². The summed E-state index contributed by atoms with van der Waals surface area (Å²) in [6, 6.07) is 14.7. The van der Waals surface area contributed by atoms with Crippen LogP contribution in [0, 0.1) is 0 Å². The lowest BCUT2D eigenvalue weighted by Gasteiger charge is -2.20. The molecule has 0 radical (unpaired) electrons. The second-order valence-electron chi connectivity index (χ2n) is 14.6. The maximum atomic E-state index is 11.3. The molecule has 0 aliphatic rings. The van der Waals surface area contributed by atoms with Crippen LogP contribution in [0.3, 0.4) is 0 Å². The summed E-state index contributed by atoms with van der Waals surface area (Å²) in [5.41, 5.74) is 0. The molecule has 0 aromatic heterocycles. The van der Waals surface area contributed by atoms with E-state index in [0.717, 1.165) is 12.8 Å². The Bertz CT molecular complexity index is 946. The molecule has 49 heavy (non-hydrogen) atoms. The van der Waals surface area contributed by atoms with Crippen LogP contribution < -0.4 is 19.8 Å². The minimum Gasteiger partial charge on any atom is -0.494 e. The van der Waals surface area contributed by atoms with E-state index in [1.807, 2.05) is 24.3 Å². The van der Waals surface area contributed by atoms with Gasteiger partial charge in [-0.3, -0.25) is 0 Å². The van der Waals surface area contributed by atoms with E-state index in [-0.39, 0.29) is 0 Å². The molecule has 0 atom stereocenters. The molecule has 0 aliphatic carbocycles. The molecule has 280 valence electrons. The van der Waals surface area contributed by atoms with Crippen molar-refractivity contribution in [2.75, 3.05) is 13.2 Å². The summed E-state index contributed by atoms with van der Waals surface area (Å²) in [6.07, 6.45) is 37.5. The first kappa shape index (κ1) is 43.3. The third-order valence-corrected chi connectivity index (χ3v) is 12.2. The normalized spacial score (nSPS) is 11.7. The van der Waals surface area contributed by atoms with E-state index in [0.29, 0.717) is 35.1 Å². The summed E-state index contributed by atoms with van der Waals surface area (Å²) >= 11 is 0. The van der Waals surface area contributed by atoms with E-state index < -0.39 is 8.56 Å². The fourth-order valence-electron chi connectivity index (χ4n) is 6.75. The van der Waals surface area contributed by atoms with Gasteiger partial charge in [0.05, 0.1) is 13.2 Å². The number of ether oxygens (including phenoxy) is 2. The van der Waals surface area contributed by atoms with E-state index in [2.05, 4.69) is 13.8 Å². The summed E-state index contributed by atoms with van der Waals surface area (Å²) in [4.78, 5) is 22.6. The molecule has 0 bridgehead atoms. The fraction of sp³-hybridized carbons (Fsp3) is 0.727. The Hall–Kier alpha value is -1.82. The maximum Gasteiger partial charge on any atom is 0.401 e. The van der Waals surface area contributed by atoms with Crippen LogP contribution in [-0.2, 0) is 0 Å². The number of hydrogen-bond acceptors (Lipinski definition) is 4. The molecule has 2 rings (SSSR count). The van der Waals surface area contributed by atoms with Gasteiger partial charge >= 0.3 is 8.56 Å². The average Bonchev–Trinajstić information content (AvgIpc) is 3.12. The second-order valence-corrected chi connectivity index (χ2v) is 17.1. The fourth-order valence-corrected chi connectivity index (χ4v) is 8.42. The van der Waals surface area contributed by atoms with Crippen molar-refractivity contribution in [2.24, 2.45) is 0 Å². The van der Waals surface area contributed by atoms with Gasteiger partial charge in [-0.2, -0.15) is 0 Å². The highest BCUT2D eigenvalue weighted by atomic mass is 28.4. The lowest BCUT2D eigenvalue weighted by Crippen LogP contribution is -2.59. The third kappa shape index (κ3) is 21.9. The largest absolute Gasteiger partial charge is 0.494 e. The Morgan fingerprint density at radius 1 is 0.388 bits per heavy atom. The molecule has 0 heterocycles. The second kappa shape index (κ2) is 29.9. The highest BCUT2D eigenvalue weighted by molar-refractivity contribution is 6.90. The van der Waals surface area contributed by atoms with E-state index in [1.165, 1.54) is 167 Å². The number of hydrogen-bond donors (Lipinski definition) is 2. The molecule has 0 fully saturated rings. The number of unbranched alkanes of at least 4 members (excludes halogenated alkanes) is 26. The standard InChI is InChI=1S/C44H76O4Si/c1-3-5-7-9-11-13-15-17-19-21-23-25-27-29-37-47-41-33-31-35-43(39-41)49(45,46)44-36-32-34-42(40-44)48-38-30-28-26-24-22-20-18-16-14-12-10-8-6-4-2/h31-36,39-40,45-46H,3-30,37-38H2,1-2H3. The molecule has 2 aromatic rings. The summed E-state index contributed by atoms with van der Waals surface area (Å²) in [6.45, 7) is 5.89.